The number of carboxylic acid groups (broad SMARTS) is 1. The molecule has 240 valence electrons. The Morgan fingerprint density at radius 3 is 1.76 bits per heavy atom. The highest BCUT2D eigenvalue weighted by Crippen LogP contribution is 2.44. The van der Waals surface area contributed by atoms with E-state index >= 15 is 0 Å². The molecule has 5 N–H and O–H groups in total. The zero-order valence-corrected chi connectivity index (χ0v) is 28.0. The maximum absolute atomic E-state index is 10.4. The topological polar surface area (TPSA) is 145 Å². The van der Waals surface area contributed by atoms with Crippen LogP contribution in [0, 0.1) is 38.5 Å². The van der Waals surface area contributed by atoms with Gasteiger partial charge in [-0.25, -0.2) is 4.57 Å². The van der Waals surface area contributed by atoms with Crippen molar-refractivity contribution in [2.75, 3.05) is 0 Å². The monoisotopic (exact) mass is 602 g/mol. The average molecular weight is 603 g/mol. The third-order valence-corrected chi connectivity index (χ3v) is 8.17. The van der Waals surface area contributed by atoms with Crippen molar-refractivity contribution in [2.24, 2.45) is 17.8 Å². The molecule has 1 aliphatic rings. The van der Waals surface area contributed by atoms with Crippen molar-refractivity contribution < 1.29 is 39.0 Å². The minimum atomic E-state index is -4.64. The fourth-order valence-electron chi connectivity index (χ4n) is 5.27. The van der Waals surface area contributed by atoms with E-state index in [2.05, 4.69) is 41.5 Å². The fourth-order valence-corrected chi connectivity index (χ4v) is 5.27. The quantitative estimate of drug-likeness (QED) is 0.142. The lowest BCUT2D eigenvalue weighted by Gasteiger charge is -2.38. The highest BCUT2D eigenvalue weighted by molar-refractivity contribution is 7.45. The number of hydrogen-bond donors (Lipinski definition) is 5. The molecule has 0 aromatic heterocycles. The molecule has 0 saturated heterocycles. The van der Waals surface area contributed by atoms with Crippen LogP contribution < -0.4 is 4.74 Å². The maximum atomic E-state index is 10.4. The van der Waals surface area contributed by atoms with Gasteiger partial charge in [0.25, 0.3) is 0 Å². The first-order chi connectivity index (χ1) is 18.8. The highest BCUT2D eigenvalue weighted by Gasteiger charge is 2.34. The van der Waals surface area contributed by atoms with Gasteiger partial charge in [0.05, 0.1) is 0 Å². The number of aromatic hydroxyl groups is 1. The first-order valence-electron chi connectivity index (χ1n) is 15.3. The molecule has 0 spiro atoms. The van der Waals surface area contributed by atoms with Gasteiger partial charge in [-0.15, -0.1) is 0 Å². The van der Waals surface area contributed by atoms with Crippen LogP contribution in [0.4, 0.5) is 0 Å². The average Bonchev–Trinajstić information content (AvgIpc) is 2.85. The summed E-state index contributed by atoms with van der Waals surface area (Å²) < 4.78 is 15.5. The Bertz CT molecular complexity index is 963. The predicted molar refractivity (Wildman–Crippen MR) is 167 cm³/mol. The van der Waals surface area contributed by atoms with E-state index in [1.807, 2.05) is 13.8 Å². The van der Waals surface area contributed by atoms with Crippen molar-refractivity contribution in [1.82, 2.24) is 0 Å². The Labute approximate surface area is 249 Å². The number of aliphatic carboxylic acids is 1. The van der Waals surface area contributed by atoms with Gasteiger partial charge in [-0.1, -0.05) is 79.6 Å². The van der Waals surface area contributed by atoms with E-state index in [9.17, 15) is 9.90 Å². The molecule has 2 rings (SSSR count). The number of rotatable bonds is 13. The van der Waals surface area contributed by atoms with Gasteiger partial charge in [-0.05, 0) is 87.8 Å². The molecule has 1 heterocycles. The van der Waals surface area contributed by atoms with Crippen molar-refractivity contribution in [1.29, 1.82) is 0 Å². The van der Waals surface area contributed by atoms with Crippen LogP contribution in [0.1, 0.15) is 134 Å². The van der Waals surface area contributed by atoms with E-state index in [-0.39, 0.29) is 12.0 Å². The van der Waals surface area contributed by atoms with Crippen LogP contribution in [0.15, 0.2) is 0 Å². The molecule has 3 atom stereocenters. The standard InChI is InChI=1S/C29H50O2.C3H6O2.H3O4P/c1-20(2)12-9-13-21(3)14-10-15-22(4)16-11-18-29(8)19-17-26-25(7)27(30)23(5)24(6)28(26)31-29;1-2-3(4)5;1-5(2,3)4/h20-22,30H,9-19H2,1-8H3;2H2,1H3,(H,4,5);(H3,1,2,3,4)/t21-,22-,29-;;/m1../s1. The van der Waals surface area contributed by atoms with Crippen molar-refractivity contribution in [2.45, 2.75) is 145 Å². The number of carboxylic acids is 1. The summed E-state index contributed by atoms with van der Waals surface area (Å²) in [5.41, 5.74) is 4.23. The SMILES string of the molecule is CCC(=O)O.Cc1c(C)c2c(c(C)c1O)CC[C@@](C)(CCC[C@H](C)CCC[C@H](C)CCCC(C)C)O2.O=P(O)(O)O. The first kappa shape index (κ1) is 39.4. The molecule has 41 heavy (non-hydrogen) atoms. The van der Waals surface area contributed by atoms with Crippen LogP contribution in [-0.2, 0) is 15.8 Å². The van der Waals surface area contributed by atoms with Gasteiger partial charge in [-0.2, -0.15) is 0 Å². The van der Waals surface area contributed by atoms with Crippen LogP contribution in [0.3, 0.4) is 0 Å². The molecule has 9 heteroatoms. The lowest BCUT2D eigenvalue weighted by molar-refractivity contribution is -0.136. The largest absolute Gasteiger partial charge is 0.507 e. The number of fused-ring (bicyclic) bond motifs is 1. The normalized spacial score (nSPS) is 17.8. The highest BCUT2D eigenvalue weighted by atomic mass is 31.2. The minimum Gasteiger partial charge on any atom is -0.507 e. The Balaban J connectivity index is 0.00000137. The number of phenols is 1. The summed E-state index contributed by atoms with van der Waals surface area (Å²) in [6.45, 7) is 19.5. The number of phenolic OH excluding ortho intramolecular Hbond substituents is 1. The number of hydrogen-bond acceptors (Lipinski definition) is 4. The van der Waals surface area contributed by atoms with Gasteiger partial charge in [0.2, 0.25) is 0 Å². The molecule has 1 aromatic rings. The van der Waals surface area contributed by atoms with Crippen LogP contribution in [-0.4, -0.2) is 36.5 Å². The van der Waals surface area contributed by atoms with Gasteiger partial charge in [0.15, 0.2) is 0 Å². The number of ether oxygens (including phenoxy) is 1. The molecule has 8 nitrogen and oxygen atoms in total. The van der Waals surface area contributed by atoms with Crippen LogP contribution in [0.2, 0.25) is 0 Å². The number of phosphoric acid groups is 1. The predicted octanol–water partition coefficient (Wildman–Crippen LogP) is 8.39. The molecule has 0 unspecified atom stereocenters. The van der Waals surface area contributed by atoms with E-state index in [1.165, 1.54) is 56.9 Å². The first-order valence-corrected chi connectivity index (χ1v) is 16.9. The van der Waals surface area contributed by atoms with Crippen LogP contribution in [0.25, 0.3) is 0 Å². The van der Waals surface area contributed by atoms with Crippen molar-refractivity contribution >= 4 is 13.8 Å². The van der Waals surface area contributed by atoms with Crippen molar-refractivity contribution in [3.05, 3.63) is 22.3 Å². The molecule has 0 fully saturated rings. The second-order valence-corrected chi connectivity index (χ2v) is 13.7. The maximum Gasteiger partial charge on any atom is 0.466 e. The molecule has 1 aliphatic heterocycles. The zero-order valence-electron chi connectivity index (χ0n) is 27.1. The van der Waals surface area contributed by atoms with E-state index in [0.29, 0.717) is 5.75 Å². The van der Waals surface area contributed by atoms with Crippen LogP contribution in [0.5, 0.6) is 11.5 Å². The van der Waals surface area contributed by atoms with Crippen molar-refractivity contribution in [3.8, 4) is 11.5 Å². The zero-order chi connectivity index (χ0) is 32.0. The van der Waals surface area contributed by atoms with Crippen LogP contribution >= 0.6 is 7.82 Å². The third kappa shape index (κ3) is 17.2. The fraction of sp³-hybridized carbons (Fsp3) is 0.781. The molecular weight excluding hydrogens is 543 g/mol. The molecule has 0 aliphatic carbocycles. The Hall–Kier alpha value is -1.60. The Kier molecular flexibility index (Phi) is 18.1. The van der Waals surface area contributed by atoms with E-state index in [1.54, 1.807) is 6.92 Å². The molecule has 0 amide bonds. The summed E-state index contributed by atoms with van der Waals surface area (Å²) in [6.07, 6.45) is 14.3. The second-order valence-electron chi connectivity index (χ2n) is 12.7. The molecule has 0 bridgehead atoms. The minimum absolute atomic E-state index is 0.0712. The molecular formula is C32H59O8P. The summed E-state index contributed by atoms with van der Waals surface area (Å²) in [6, 6.07) is 0. The Morgan fingerprint density at radius 2 is 1.32 bits per heavy atom. The summed E-state index contributed by atoms with van der Waals surface area (Å²) in [4.78, 5) is 30.9. The summed E-state index contributed by atoms with van der Waals surface area (Å²) in [5, 5.41) is 18.1. The molecule has 0 saturated carbocycles. The number of carbonyl (C=O) groups is 1. The van der Waals surface area contributed by atoms with Gasteiger partial charge >= 0.3 is 13.8 Å². The van der Waals surface area contributed by atoms with Crippen molar-refractivity contribution in [3.63, 3.8) is 0 Å². The summed E-state index contributed by atoms with van der Waals surface area (Å²) in [7, 11) is -4.64. The van der Waals surface area contributed by atoms with Gasteiger partial charge < -0.3 is 29.6 Å². The van der Waals surface area contributed by atoms with E-state index in [4.69, 9.17) is 29.1 Å². The third-order valence-electron chi connectivity index (χ3n) is 8.17. The Morgan fingerprint density at radius 1 is 0.878 bits per heavy atom. The van der Waals surface area contributed by atoms with E-state index in [0.717, 1.165) is 59.5 Å². The van der Waals surface area contributed by atoms with Gasteiger partial charge in [0, 0.05) is 12.0 Å². The second kappa shape index (κ2) is 18.8. The van der Waals surface area contributed by atoms with E-state index < -0.39 is 13.8 Å². The smallest absolute Gasteiger partial charge is 0.466 e. The summed E-state index contributed by atoms with van der Waals surface area (Å²) in [5.74, 6) is 3.29. The van der Waals surface area contributed by atoms with Gasteiger partial charge in [0.1, 0.15) is 17.1 Å². The lowest BCUT2D eigenvalue weighted by atomic mass is 9.84. The number of benzene rings is 1. The summed E-state index contributed by atoms with van der Waals surface area (Å²) >= 11 is 0. The lowest BCUT2D eigenvalue weighted by Crippen LogP contribution is -2.37. The molecule has 1 aromatic carbocycles. The van der Waals surface area contributed by atoms with Gasteiger partial charge in [-0.3, -0.25) is 4.79 Å². The molecule has 0 radical (unpaired) electrons.